The Kier molecular flexibility index (Phi) is 10.2. The Morgan fingerprint density at radius 1 is 0.488 bits per heavy atom. The van der Waals surface area contributed by atoms with Crippen molar-refractivity contribution in [3.05, 3.63) is 107 Å². The molecule has 204 valence electrons. The quantitative estimate of drug-likeness (QED) is 0.241. The minimum Gasteiger partial charge on any atom is -0.871 e. The normalized spacial score (nSPS) is 9.77. The molecule has 0 spiro atoms. The van der Waals surface area contributed by atoms with Crippen LogP contribution in [0.3, 0.4) is 0 Å². The van der Waals surface area contributed by atoms with Crippen molar-refractivity contribution in [1.82, 2.24) is 15.0 Å². The first-order chi connectivity index (χ1) is 20.2. The summed E-state index contributed by atoms with van der Waals surface area (Å²) in [5, 5.41) is 62.9. The van der Waals surface area contributed by atoms with Gasteiger partial charge in [-0.2, -0.15) is 15.8 Å². The van der Waals surface area contributed by atoms with Crippen molar-refractivity contribution in [1.29, 1.82) is 15.8 Å². The number of hydrogen-bond donors (Lipinski definition) is 0. The van der Waals surface area contributed by atoms with Crippen LogP contribution < -0.4 is 15.3 Å². The van der Waals surface area contributed by atoms with Gasteiger partial charge in [-0.15, -0.1) is 0 Å². The van der Waals surface area contributed by atoms with Gasteiger partial charge in [0.1, 0.15) is 0 Å². The van der Waals surface area contributed by atoms with E-state index in [9.17, 15) is 15.3 Å². The smallest absolute Gasteiger partial charge is 0.871 e. The monoisotopic (exact) mass is 576 g/mol. The zero-order valence-corrected chi connectivity index (χ0v) is 24.6. The van der Waals surface area contributed by atoms with Gasteiger partial charge in [-0.3, -0.25) is 15.0 Å². The number of aryl methyl sites for hydroxylation is 3. The zero-order chi connectivity index (χ0) is 30.4. The molecule has 43 heavy (non-hydrogen) atoms. The number of nitriles is 3. The van der Waals surface area contributed by atoms with Gasteiger partial charge >= 0.3 is 17.4 Å². The van der Waals surface area contributed by atoms with Crippen molar-refractivity contribution in [2.75, 3.05) is 0 Å². The molecule has 6 rings (SSSR count). The predicted octanol–water partition coefficient (Wildman–Crippen LogP) is 4.08. The van der Waals surface area contributed by atoms with Crippen LogP contribution in [-0.4, -0.2) is 32.3 Å². The molecule has 3 aromatic heterocycles. The van der Waals surface area contributed by atoms with E-state index >= 15 is 0 Å². The molecular formula is C33H21AlN6O3. The first-order valence-corrected chi connectivity index (χ1v) is 12.6. The Balaban J connectivity index is 0.000000175. The summed E-state index contributed by atoms with van der Waals surface area (Å²) in [7, 11) is 0. The maximum atomic E-state index is 11.5. The summed E-state index contributed by atoms with van der Waals surface area (Å²) in [4.78, 5) is 12.0. The molecule has 0 fully saturated rings. The van der Waals surface area contributed by atoms with Gasteiger partial charge in [0.25, 0.3) is 0 Å². The van der Waals surface area contributed by atoms with Gasteiger partial charge in [0.05, 0.1) is 51.4 Å². The van der Waals surface area contributed by atoms with Gasteiger partial charge in [-0.05, 0) is 73.9 Å². The van der Waals surface area contributed by atoms with E-state index in [4.69, 9.17) is 15.8 Å². The standard InChI is InChI=1S/3C11H8N2O.Al/c3*1-7-2-3-13-11-9(7)4-8(6-12)5-10(11)14;/h3*2-5,14H,1H3;/q;;;+3/p-3. The van der Waals surface area contributed by atoms with Crippen LogP contribution in [0.4, 0.5) is 0 Å². The molecule has 0 radical (unpaired) electrons. The Morgan fingerprint density at radius 2 is 0.744 bits per heavy atom. The molecule has 0 bridgehead atoms. The summed E-state index contributed by atoms with van der Waals surface area (Å²) in [6, 6.07) is 20.4. The molecule has 0 atom stereocenters. The largest absolute Gasteiger partial charge is 3.00 e. The van der Waals surface area contributed by atoms with Gasteiger partial charge < -0.3 is 15.3 Å². The molecule has 0 saturated carbocycles. The summed E-state index contributed by atoms with van der Waals surface area (Å²) in [5.74, 6) is -0.576. The first kappa shape index (κ1) is 31.8. The van der Waals surface area contributed by atoms with Gasteiger partial charge in [0.2, 0.25) is 0 Å². The van der Waals surface area contributed by atoms with E-state index in [0.717, 1.165) is 32.8 Å². The van der Waals surface area contributed by atoms with E-state index in [1.807, 2.05) is 57.2 Å². The summed E-state index contributed by atoms with van der Waals surface area (Å²) in [6.07, 6.45) is 4.81. The zero-order valence-electron chi connectivity index (χ0n) is 23.4. The van der Waals surface area contributed by atoms with E-state index in [1.54, 1.807) is 36.8 Å². The molecule has 0 aliphatic heterocycles. The number of nitrogens with zero attached hydrogens (tertiary/aromatic N) is 6. The van der Waals surface area contributed by atoms with Crippen LogP contribution in [0.25, 0.3) is 32.7 Å². The third kappa shape index (κ3) is 6.96. The molecule has 3 heterocycles. The minimum atomic E-state index is -0.192. The molecule has 0 N–H and O–H groups in total. The Labute approximate surface area is 258 Å². The molecule has 0 unspecified atom stereocenters. The molecule has 0 saturated heterocycles. The van der Waals surface area contributed by atoms with E-state index in [1.165, 1.54) is 18.2 Å². The van der Waals surface area contributed by atoms with Crippen LogP contribution in [-0.2, 0) is 0 Å². The van der Waals surface area contributed by atoms with Crippen LogP contribution >= 0.6 is 0 Å². The summed E-state index contributed by atoms with van der Waals surface area (Å²) >= 11 is 0. The molecular weight excluding hydrogens is 555 g/mol. The SMILES string of the molecule is Cc1ccnc2c([O-])cc(C#N)cc12.Cc1ccnc2c([O-])cc(C#N)cc12.Cc1ccnc2c([O-])cc(C#N)cc12.[Al+3]. The van der Waals surface area contributed by atoms with Crippen molar-refractivity contribution < 1.29 is 15.3 Å². The molecule has 3 aromatic carbocycles. The topological polar surface area (TPSA) is 179 Å². The Hall–Kier alpha value is -5.71. The number of hydrogen-bond acceptors (Lipinski definition) is 9. The number of pyridine rings is 3. The number of rotatable bonds is 0. The fourth-order valence-corrected chi connectivity index (χ4v) is 4.26. The van der Waals surface area contributed by atoms with Gasteiger partial charge in [0, 0.05) is 34.7 Å². The molecule has 10 heteroatoms. The molecule has 0 aliphatic rings. The molecule has 9 nitrogen and oxygen atoms in total. The van der Waals surface area contributed by atoms with Crippen molar-refractivity contribution >= 4 is 50.1 Å². The van der Waals surface area contributed by atoms with Crippen LogP contribution in [0.15, 0.2) is 73.2 Å². The average molecular weight is 577 g/mol. The van der Waals surface area contributed by atoms with Gasteiger partial charge in [-0.1, -0.05) is 35.4 Å². The van der Waals surface area contributed by atoms with E-state index in [-0.39, 0.29) is 34.6 Å². The maximum Gasteiger partial charge on any atom is 3.00 e. The van der Waals surface area contributed by atoms with Crippen molar-refractivity contribution in [3.63, 3.8) is 0 Å². The summed E-state index contributed by atoms with van der Waals surface area (Å²) < 4.78 is 0. The van der Waals surface area contributed by atoms with Crippen molar-refractivity contribution in [2.45, 2.75) is 20.8 Å². The summed E-state index contributed by atoms with van der Waals surface area (Å²) in [5.41, 5.74) is 5.35. The fourth-order valence-electron chi connectivity index (χ4n) is 4.26. The number of benzene rings is 3. The second-order valence-corrected chi connectivity index (χ2v) is 9.33. The van der Waals surface area contributed by atoms with E-state index in [0.29, 0.717) is 33.2 Å². The van der Waals surface area contributed by atoms with Crippen molar-refractivity contribution in [3.8, 4) is 35.5 Å². The summed E-state index contributed by atoms with van der Waals surface area (Å²) in [6.45, 7) is 5.68. The Morgan fingerprint density at radius 3 is 0.977 bits per heavy atom. The van der Waals surface area contributed by atoms with Gasteiger partial charge in [0.15, 0.2) is 0 Å². The third-order valence-corrected chi connectivity index (χ3v) is 6.47. The molecule has 6 aromatic rings. The van der Waals surface area contributed by atoms with E-state index in [2.05, 4.69) is 15.0 Å². The number of fused-ring (bicyclic) bond motifs is 3. The van der Waals surface area contributed by atoms with E-state index < -0.39 is 0 Å². The molecule has 0 amide bonds. The minimum absolute atomic E-state index is 0. The number of aromatic nitrogens is 3. The second-order valence-electron chi connectivity index (χ2n) is 9.33. The van der Waals surface area contributed by atoms with Crippen LogP contribution in [0.1, 0.15) is 33.4 Å². The average Bonchev–Trinajstić information content (AvgIpc) is 2.99. The first-order valence-electron chi connectivity index (χ1n) is 12.6. The van der Waals surface area contributed by atoms with Crippen LogP contribution in [0.5, 0.6) is 17.2 Å². The predicted molar refractivity (Wildman–Crippen MR) is 158 cm³/mol. The maximum absolute atomic E-state index is 11.5. The fraction of sp³-hybridized carbons (Fsp3) is 0.0909. The van der Waals surface area contributed by atoms with Crippen molar-refractivity contribution in [2.24, 2.45) is 0 Å². The molecule has 0 aliphatic carbocycles. The van der Waals surface area contributed by atoms with Crippen LogP contribution in [0.2, 0.25) is 0 Å². The Bertz CT molecular complexity index is 1870. The van der Waals surface area contributed by atoms with Crippen LogP contribution in [0, 0.1) is 54.8 Å². The van der Waals surface area contributed by atoms with Gasteiger partial charge in [-0.25, -0.2) is 0 Å². The third-order valence-electron chi connectivity index (χ3n) is 6.47. The second kappa shape index (κ2) is 13.8.